The molecule has 0 fully saturated rings. The van der Waals surface area contributed by atoms with E-state index in [1.807, 2.05) is 20.8 Å². The Morgan fingerprint density at radius 3 is 1.80 bits per heavy atom. The van der Waals surface area contributed by atoms with Gasteiger partial charge in [0.2, 0.25) is 0 Å². The minimum Gasteiger partial charge on any atom is -0.328 e. The Hall–Kier alpha value is -0.380. The molecule has 0 spiro atoms. The molecule has 1 unspecified atom stereocenters. The molecule has 0 aromatic heterocycles. The molecule has 0 saturated carbocycles. The number of allylic oxidation sites excluding steroid dienone is 2. The average Bonchev–Trinajstić information content (AvgIpc) is 2.59. The van der Waals surface area contributed by atoms with Crippen LogP contribution in [0.1, 0.15) is 98.8 Å². The lowest BCUT2D eigenvalue weighted by Crippen LogP contribution is -2.39. The first kappa shape index (κ1) is 24.6. The lowest BCUT2D eigenvalue weighted by molar-refractivity contribution is -0.380. The van der Waals surface area contributed by atoms with Crippen molar-refractivity contribution in [3.05, 3.63) is 12.2 Å². The summed E-state index contributed by atoms with van der Waals surface area (Å²) in [6.45, 7) is 12.3. The molecular weight excluding hydrogens is 312 g/mol. The molecular formula is C22H44O3. The lowest BCUT2D eigenvalue weighted by atomic mass is 9.94. The van der Waals surface area contributed by atoms with Crippen molar-refractivity contribution >= 4 is 0 Å². The Morgan fingerprint density at radius 1 is 0.720 bits per heavy atom. The molecule has 0 aliphatic heterocycles. The second-order valence-electron chi connectivity index (χ2n) is 6.70. The van der Waals surface area contributed by atoms with Crippen molar-refractivity contribution in [2.45, 2.75) is 105 Å². The molecule has 0 amide bonds. The quantitative estimate of drug-likeness (QED) is 0.152. The predicted molar refractivity (Wildman–Crippen MR) is 108 cm³/mol. The molecule has 0 aromatic carbocycles. The van der Waals surface area contributed by atoms with Crippen LogP contribution >= 0.6 is 0 Å². The summed E-state index contributed by atoms with van der Waals surface area (Å²) in [5.41, 5.74) is 0. The van der Waals surface area contributed by atoms with Gasteiger partial charge in [-0.3, -0.25) is 0 Å². The predicted octanol–water partition coefficient (Wildman–Crippen LogP) is 6.86. The average molecular weight is 357 g/mol. The molecule has 25 heavy (non-hydrogen) atoms. The maximum absolute atomic E-state index is 5.84. The van der Waals surface area contributed by atoms with Crippen LogP contribution in [-0.2, 0) is 14.2 Å². The van der Waals surface area contributed by atoms with Crippen LogP contribution < -0.4 is 0 Å². The molecule has 0 radical (unpaired) electrons. The molecule has 0 saturated heterocycles. The van der Waals surface area contributed by atoms with Gasteiger partial charge in [0.05, 0.1) is 0 Å². The second kappa shape index (κ2) is 17.1. The Labute approximate surface area is 157 Å². The first-order valence-corrected chi connectivity index (χ1v) is 10.8. The zero-order valence-corrected chi connectivity index (χ0v) is 17.6. The van der Waals surface area contributed by atoms with Crippen molar-refractivity contribution in [1.82, 2.24) is 0 Å². The molecule has 3 heteroatoms. The maximum Gasteiger partial charge on any atom is 0.282 e. The van der Waals surface area contributed by atoms with E-state index in [9.17, 15) is 0 Å². The van der Waals surface area contributed by atoms with E-state index >= 15 is 0 Å². The topological polar surface area (TPSA) is 27.7 Å². The van der Waals surface area contributed by atoms with Gasteiger partial charge in [-0.1, -0.05) is 58.1 Å². The van der Waals surface area contributed by atoms with Crippen LogP contribution in [0.4, 0.5) is 0 Å². The van der Waals surface area contributed by atoms with Crippen molar-refractivity contribution in [3.8, 4) is 0 Å². The molecule has 0 N–H and O–H groups in total. The van der Waals surface area contributed by atoms with Gasteiger partial charge in [0.25, 0.3) is 5.97 Å². The summed E-state index contributed by atoms with van der Waals surface area (Å²) >= 11 is 0. The molecule has 3 nitrogen and oxygen atoms in total. The van der Waals surface area contributed by atoms with Crippen LogP contribution in [0.5, 0.6) is 0 Å². The molecule has 0 aromatic rings. The van der Waals surface area contributed by atoms with E-state index in [0.29, 0.717) is 25.7 Å². The standard InChI is InChI=1S/C22H44O3/c1-6-11-13-15-18-21(17-14-12-7-2)19-16-20-22(23-8-3,24-9-4)25-10-5/h15,18,21H,6-14,16-17,19-20H2,1-5H3. The number of rotatable bonds is 18. The van der Waals surface area contributed by atoms with Crippen LogP contribution in [-0.4, -0.2) is 25.8 Å². The van der Waals surface area contributed by atoms with Crippen molar-refractivity contribution < 1.29 is 14.2 Å². The monoisotopic (exact) mass is 356 g/mol. The van der Waals surface area contributed by atoms with Gasteiger partial charge in [-0.05, 0) is 52.4 Å². The van der Waals surface area contributed by atoms with Crippen LogP contribution in [0.2, 0.25) is 0 Å². The number of unbranched alkanes of at least 4 members (excludes halogenated alkanes) is 4. The lowest BCUT2D eigenvalue weighted by Gasteiger charge is -2.32. The van der Waals surface area contributed by atoms with Crippen molar-refractivity contribution in [3.63, 3.8) is 0 Å². The SMILES string of the molecule is CCCCC=CC(CCCCC)CCCC(OCC)(OCC)OCC. The van der Waals surface area contributed by atoms with Gasteiger partial charge in [0, 0.05) is 26.2 Å². The summed E-state index contributed by atoms with van der Waals surface area (Å²) in [5, 5.41) is 0. The van der Waals surface area contributed by atoms with Crippen LogP contribution in [0, 0.1) is 5.92 Å². The van der Waals surface area contributed by atoms with Crippen LogP contribution in [0.3, 0.4) is 0 Å². The highest BCUT2D eigenvalue weighted by Crippen LogP contribution is 2.26. The van der Waals surface area contributed by atoms with Crippen LogP contribution in [0.25, 0.3) is 0 Å². The van der Waals surface area contributed by atoms with E-state index in [0.717, 1.165) is 12.8 Å². The van der Waals surface area contributed by atoms with Gasteiger partial charge in [-0.15, -0.1) is 0 Å². The summed E-state index contributed by atoms with van der Waals surface area (Å²) in [6.07, 6.45) is 16.9. The molecule has 0 heterocycles. The highest BCUT2D eigenvalue weighted by Gasteiger charge is 2.32. The van der Waals surface area contributed by atoms with E-state index in [-0.39, 0.29) is 0 Å². The Morgan fingerprint density at radius 2 is 1.28 bits per heavy atom. The Balaban J connectivity index is 4.55. The first-order valence-electron chi connectivity index (χ1n) is 10.8. The summed E-state index contributed by atoms with van der Waals surface area (Å²) in [4.78, 5) is 0. The minimum absolute atomic E-state index is 0.608. The fraction of sp³-hybridized carbons (Fsp3) is 0.909. The fourth-order valence-corrected chi connectivity index (χ4v) is 3.19. The second-order valence-corrected chi connectivity index (χ2v) is 6.70. The largest absolute Gasteiger partial charge is 0.328 e. The Kier molecular flexibility index (Phi) is 16.8. The first-order chi connectivity index (χ1) is 12.2. The molecule has 1 atom stereocenters. The van der Waals surface area contributed by atoms with E-state index in [1.54, 1.807) is 0 Å². The molecule has 150 valence electrons. The smallest absolute Gasteiger partial charge is 0.282 e. The fourth-order valence-electron chi connectivity index (χ4n) is 3.19. The maximum atomic E-state index is 5.84. The van der Waals surface area contributed by atoms with Gasteiger partial charge in [0.15, 0.2) is 0 Å². The normalized spacial score (nSPS) is 13.6. The highest BCUT2D eigenvalue weighted by molar-refractivity contribution is 4.88. The van der Waals surface area contributed by atoms with Gasteiger partial charge in [-0.2, -0.15) is 0 Å². The molecule has 0 aliphatic rings. The third-order valence-corrected chi connectivity index (χ3v) is 4.46. The van der Waals surface area contributed by atoms with Crippen LogP contribution in [0.15, 0.2) is 12.2 Å². The highest BCUT2D eigenvalue weighted by atomic mass is 16.9. The van der Waals surface area contributed by atoms with E-state index in [4.69, 9.17) is 14.2 Å². The molecule has 0 aliphatic carbocycles. The third kappa shape index (κ3) is 12.6. The summed E-state index contributed by atoms with van der Waals surface area (Å²) < 4.78 is 17.5. The van der Waals surface area contributed by atoms with Crippen molar-refractivity contribution in [1.29, 1.82) is 0 Å². The Bertz CT molecular complexity index is 285. The summed E-state index contributed by atoms with van der Waals surface area (Å²) in [7, 11) is 0. The third-order valence-electron chi connectivity index (χ3n) is 4.46. The molecule has 0 bridgehead atoms. The summed E-state index contributed by atoms with van der Waals surface area (Å²) in [6, 6.07) is 0. The van der Waals surface area contributed by atoms with Crippen molar-refractivity contribution in [2.24, 2.45) is 5.92 Å². The minimum atomic E-state index is -0.849. The molecule has 0 rings (SSSR count). The van der Waals surface area contributed by atoms with Gasteiger partial charge in [-0.25, -0.2) is 0 Å². The van der Waals surface area contributed by atoms with Gasteiger partial charge < -0.3 is 14.2 Å². The van der Waals surface area contributed by atoms with E-state index in [2.05, 4.69) is 26.0 Å². The van der Waals surface area contributed by atoms with E-state index in [1.165, 1.54) is 51.4 Å². The number of hydrogen-bond donors (Lipinski definition) is 0. The van der Waals surface area contributed by atoms with Crippen molar-refractivity contribution in [2.75, 3.05) is 19.8 Å². The zero-order valence-electron chi connectivity index (χ0n) is 17.6. The number of ether oxygens (including phenoxy) is 3. The number of hydrogen-bond acceptors (Lipinski definition) is 3. The van der Waals surface area contributed by atoms with E-state index < -0.39 is 5.97 Å². The summed E-state index contributed by atoms with van der Waals surface area (Å²) in [5.74, 6) is -0.177. The van der Waals surface area contributed by atoms with Gasteiger partial charge >= 0.3 is 0 Å². The zero-order chi connectivity index (χ0) is 18.8. The van der Waals surface area contributed by atoms with Gasteiger partial charge in [0.1, 0.15) is 0 Å².